The van der Waals surface area contributed by atoms with Crippen LogP contribution >= 0.6 is 0 Å². The number of anilines is 1. The molecule has 0 heterocycles. The van der Waals surface area contributed by atoms with Crippen LogP contribution in [0.3, 0.4) is 0 Å². The molecule has 0 aliphatic rings. The lowest BCUT2D eigenvalue weighted by atomic mass is 9.87. The van der Waals surface area contributed by atoms with E-state index >= 15 is 0 Å². The van der Waals surface area contributed by atoms with E-state index in [9.17, 15) is 18.0 Å². The van der Waals surface area contributed by atoms with Crippen LogP contribution in [0.1, 0.15) is 26.3 Å². The smallest absolute Gasteiger partial charge is 0.341 e. The minimum Gasteiger partial charge on any atom is -0.482 e. The van der Waals surface area contributed by atoms with Crippen molar-refractivity contribution in [2.24, 2.45) is 5.41 Å². The van der Waals surface area contributed by atoms with Crippen LogP contribution in [-0.4, -0.2) is 44.3 Å². The summed E-state index contributed by atoms with van der Waals surface area (Å²) in [6.45, 7) is 6.52. The topological polar surface area (TPSA) is 122 Å². The fraction of sp³-hybridized carbons (Fsp3) is 0.500. The molecule has 1 atom stereocenters. The van der Waals surface area contributed by atoms with E-state index in [4.69, 9.17) is 9.84 Å². The Labute approximate surface area is 147 Å². The van der Waals surface area contributed by atoms with E-state index < -0.39 is 40.0 Å². The first-order valence-electron chi connectivity index (χ1n) is 7.53. The number of carboxylic acid groups (broad SMARTS) is 1. The van der Waals surface area contributed by atoms with Gasteiger partial charge in [-0.1, -0.05) is 20.8 Å². The summed E-state index contributed by atoms with van der Waals surface area (Å²) < 4.78 is 30.5. The van der Waals surface area contributed by atoms with Gasteiger partial charge in [-0.2, -0.15) is 0 Å². The van der Waals surface area contributed by atoms with Gasteiger partial charge in [0.2, 0.25) is 15.9 Å². The number of benzene rings is 1. The predicted molar refractivity (Wildman–Crippen MR) is 94.2 cm³/mol. The molecule has 3 N–H and O–H groups in total. The van der Waals surface area contributed by atoms with Crippen molar-refractivity contribution in [1.29, 1.82) is 0 Å². The van der Waals surface area contributed by atoms with E-state index in [-0.39, 0.29) is 0 Å². The largest absolute Gasteiger partial charge is 0.482 e. The molecule has 0 aromatic heterocycles. The first kappa shape index (κ1) is 20.9. The van der Waals surface area contributed by atoms with Crippen molar-refractivity contribution >= 4 is 27.6 Å². The van der Waals surface area contributed by atoms with Crippen molar-refractivity contribution in [3.63, 3.8) is 0 Å². The number of hydrogen-bond donors (Lipinski definition) is 3. The zero-order valence-corrected chi connectivity index (χ0v) is 15.7. The fourth-order valence-corrected chi connectivity index (χ4v) is 2.94. The number of nitrogens with one attached hydrogen (secondary N) is 2. The van der Waals surface area contributed by atoms with Gasteiger partial charge in [-0.3, -0.25) is 4.79 Å². The molecule has 8 nitrogen and oxygen atoms in total. The molecule has 0 radical (unpaired) electrons. The van der Waals surface area contributed by atoms with Crippen LogP contribution in [0, 0.1) is 12.3 Å². The van der Waals surface area contributed by atoms with Gasteiger partial charge in [-0.15, -0.1) is 0 Å². The van der Waals surface area contributed by atoms with Crippen molar-refractivity contribution in [3.05, 3.63) is 23.8 Å². The first-order chi connectivity index (χ1) is 11.3. The predicted octanol–water partition coefficient (Wildman–Crippen LogP) is 1.36. The average molecular weight is 372 g/mol. The van der Waals surface area contributed by atoms with E-state index in [2.05, 4.69) is 10.0 Å². The normalized spacial score (nSPS) is 13.2. The molecular formula is C16H24N2O6S. The Morgan fingerprint density at radius 1 is 1.28 bits per heavy atom. The minimum absolute atomic E-state index is 0.361. The monoisotopic (exact) mass is 372 g/mol. The highest BCUT2D eigenvalue weighted by Gasteiger charge is 2.33. The molecule has 0 saturated carbocycles. The zero-order chi connectivity index (χ0) is 19.4. The lowest BCUT2D eigenvalue weighted by Crippen LogP contribution is -2.51. The number of carbonyl (C=O) groups is 2. The Morgan fingerprint density at radius 2 is 1.88 bits per heavy atom. The summed E-state index contributed by atoms with van der Waals surface area (Å²) in [5, 5.41) is 11.3. The van der Waals surface area contributed by atoms with Crippen LogP contribution < -0.4 is 14.8 Å². The molecular weight excluding hydrogens is 348 g/mol. The average Bonchev–Trinajstić information content (AvgIpc) is 2.43. The SMILES string of the molecule is Cc1cc(OCC(=O)O)ccc1NC(=O)C(NS(C)(=O)=O)C(C)(C)C. The molecule has 1 unspecified atom stereocenters. The van der Waals surface area contributed by atoms with Crippen LogP contribution in [-0.2, 0) is 19.6 Å². The lowest BCUT2D eigenvalue weighted by molar-refractivity contribution is -0.139. The van der Waals surface area contributed by atoms with Gasteiger partial charge in [-0.25, -0.2) is 17.9 Å². The van der Waals surface area contributed by atoms with Crippen molar-refractivity contribution < 1.29 is 27.9 Å². The summed E-state index contributed by atoms with van der Waals surface area (Å²) in [5.41, 5.74) is 0.506. The number of hydrogen-bond acceptors (Lipinski definition) is 5. The second kappa shape index (κ2) is 7.83. The molecule has 1 rings (SSSR count). The summed E-state index contributed by atoms with van der Waals surface area (Å²) in [6.07, 6.45) is 0.999. The molecule has 1 amide bonds. The van der Waals surface area contributed by atoms with Crippen LogP contribution in [0.25, 0.3) is 0 Å². The number of ether oxygens (including phenoxy) is 1. The van der Waals surface area contributed by atoms with E-state index in [1.54, 1.807) is 39.8 Å². The number of aliphatic carboxylic acids is 1. The molecule has 9 heteroatoms. The summed E-state index contributed by atoms with van der Waals surface area (Å²) in [7, 11) is -3.56. The fourth-order valence-electron chi connectivity index (χ4n) is 2.05. The summed E-state index contributed by atoms with van der Waals surface area (Å²) in [5.74, 6) is -1.21. The molecule has 1 aromatic carbocycles. The molecule has 0 aliphatic carbocycles. The second-order valence-electron chi connectivity index (χ2n) is 6.84. The standard InChI is InChI=1S/C16H24N2O6S/c1-10-8-11(24-9-13(19)20)6-7-12(10)17-15(21)14(16(2,3)4)18-25(5,22)23/h6-8,14,18H,9H2,1-5H3,(H,17,21)(H,19,20). The Balaban J connectivity index is 2.95. The summed E-state index contributed by atoms with van der Waals surface area (Å²) in [6, 6.07) is 3.74. The maximum atomic E-state index is 12.5. The third-order valence-corrected chi connectivity index (χ3v) is 3.94. The molecule has 0 fully saturated rings. The minimum atomic E-state index is -3.56. The molecule has 0 saturated heterocycles. The van der Waals surface area contributed by atoms with Crippen LogP contribution in [0.15, 0.2) is 18.2 Å². The second-order valence-corrected chi connectivity index (χ2v) is 8.62. The highest BCUT2D eigenvalue weighted by molar-refractivity contribution is 7.88. The van der Waals surface area contributed by atoms with Gasteiger partial charge < -0.3 is 15.2 Å². The quantitative estimate of drug-likeness (QED) is 0.664. The van der Waals surface area contributed by atoms with Gasteiger partial charge in [0.25, 0.3) is 0 Å². The van der Waals surface area contributed by atoms with Gasteiger partial charge in [0, 0.05) is 5.69 Å². The van der Waals surface area contributed by atoms with E-state index in [0.29, 0.717) is 17.0 Å². The number of carbonyl (C=O) groups excluding carboxylic acids is 1. The summed E-state index contributed by atoms with van der Waals surface area (Å²) >= 11 is 0. The van der Waals surface area contributed by atoms with Crippen LogP contribution in [0.2, 0.25) is 0 Å². The third kappa shape index (κ3) is 7.10. The lowest BCUT2D eigenvalue weighted by Gasteiger charge is -2.29. The highest BCUT2D eigenvalue weighted by Crippen LogP contribution is 2.25. The maximum absolute atomic E-state index is 12.5. The van der Waals surface area contributed by atoms with Gasteiger partial charge in [0.15, 0.2) is 6.61 Å². The van der Waals surface area contributed by atoms with Gasteiger partial charge >= 0.3 is 5.97 Å². The molecule has 0 bridgehead atoms. The van der Waals surface area contributed by atoms with Crippen molar-refractivity contribution in [3.8, 4) is 5.75 Å². The van der Waals surface area contributed by atoms with Crippen LogP contribution in [0.5, 0.6) is 5.75 Å². The number of carboxylic acids is 1. The molecule has 25 heavy (non-hydrogen) atoms. The van der Waals surface area contributed by atoms with E-state index in [1.165, 1.54) is 6.07 Å². The molecule has 140 valence electrons. The number of sulfonamides is 1. The first-order valence-corrected chi connectivity index (χ1v) is 9.42. The molecule has 0 spiro atoms. The third-order valence-electron chi connectivity index (χ3n) is 3.28. The van der Waals surface area contributed by atoms with E-state index in [0.717, 1.165) is 6.26 Å². The van der Waals surface area contributed by atoms with Crippen molar-refractivity contribution in [2.45, 2.75) is 33.7 Å². The Kier molecular flexibility index (Phi) is 6.55. The molecule has 1 aromatic rings. The summed E-state index contributed by atoms with van der Waals surface area (Å²) in [4.78, 5) is 23.1. The van der Waals surface area contributed by atoms with Crippen LogP contribution in [0.4, 0.5) is 5.69 Å². The number of rotatable bonds is 7. The van der Waals surface area contributed by atoms with Gasteiger partial charge in [-0.05, 0) is 36.1 Å². The maximum Gasteiger partial charge on any atom is 0.341 e. The van der Waals surface area contributed by atoms with Gasteiger partial charge in [0.1, 0.15) is 11.8 Å². The van der Waals surface area contributed by atoms with Gasteiger partial charge in [0.05, 0.1) is 6.26 Å². The Bertz CT molecular complexity index is 752. The van der Waals surface area contributed by atoms with Crippen molar-refractivity contribution in [2.75, 3.05) is 18.2 Å². The number of aryl methyl sites for hydroxylation is 1. The van der Waals surface area contributed by atoms with E-state index in [1.807, 2.05) is 0 Å². The highest BCUT2D eigenvalue weighted by atomic mass is 32.2. The molecule has 0 aliphatic heterocycles. The van der Waals surface area contributed by atoms with Crippen molar-refractivity contribution in [1.82, 2.24) is 4.72 Å². The Hall–Kier alpha value is -2.13. The Morgan fingerprint density at radius 3 is 2.32 bits per heavy atom. The number of amides is 1. The zero-order valence-electron chi connectivity index (χ0n) is 14.9.